The van der Waals surface area contributed by atoms with E-state index in [1.807, 2.05) is 6.07 Å². The molecule has 114 valence electrons. The van der Waals surface area contributed by atoms with Gasteiger partial charge in [-0.3, -0.25) is 0 Å². The number of benzene rings is 1. The molecule has 3 rings (SSSR count). The Balaban J connectivity index is 2.19. The Bertz CT molecular complexity index is 894. The van der Waals surface area contributed by atoms with Gasteiger partial charge in [-0.05, 0) is 47.9 Å². The average Bonchev–Trinajstić information content (AvgIpc) is 2.83. The van der Waals surface area contributed by atoms with Crippen LogP contribution in [0.5, 0.6) is 0 Å². The van der Waals surface area contributed by atoms with Gasteiger partial charge in [0.1, 0.15) is 0 Å². The topological polar surface area (TPSA) is 71.4 Å². The lowest BCUT2D eigenvalue weighted by Crippen LogP contribution is -2.08. The van der Waals surface area contributed by atoms with Crippen molar-refractivity contribution < 1.29 is 18.3 Å². The lowest BCUT2D eigenvalue weighted by atomic mass is 10.1. The Labute approximate surface area is 136 Å². The number of rotatable bonds is 2. The van der Waals surface area contributed by atoms with Gasteiger partial charge in [-0.15, -0.1) is 11.3 Å². The second-order valence-corrected chi connectivity index (χ2v) is 8.69. The molecule has 0 saturated heterocycles. The van der Waals surface area contributed by atoms with Crippen LogP contribution in [0.25, 0.3) is 16.5 Å². The summed E-state index contributed by atoms with van der Waals surface area (Å²) >= 11 is 7.31. The first-order valence-corrected chi connectivity index (χ1v) is 9.28. The molecule has 0 unspecified atom stereocenters. The van der Waals surface area contributed by atoms with Crippen molar-refractivity contribution in [1.82, 2.24) is 0 Å². The zero-order valence-corrected chi connectivity index (χ0v) is 13.6. The summed E-state index contributed by atoms with van der Waals surface area (Å²) in [6.45, 7) is 0. The van der Waals surface area contributed by atoms with E-state index in [4.69, 9.17) is 11.6 Å². The van der Waals surface area contributed by atoms with E-state index in [1.165, 1.54) is 23.5 Å². The summed E-state index contributed by atoms with van der Waals surface area (Å²) in [6.07, 6.45) is 1.45. The normalized spacial score (nSPS) is 16.5. The average molecular weight is 355 g/mol. The molecule has 4 nitrogen and oxygen atoms in total. The first-order valence-electron chi connectivity index (χ1n) is 6.43. The summed E-state index contributed by atoms with van der Waals surface area (Å²) < 4.78 is 25.2. The van der Waals surface area contributed by atoms with Crippen LogP contribution in [0.2, 0.25) is 4.34 Å². The molecule has 0 bridgehead atoms. The van der Waals surface area contributed by atoms with Gasteiger partial charge in [0.2, 0.25) is 0 Å². The van der Waals surface area contributed by atoms with Crippen molar-refractivity contribution in [2.75, 3.05) is 5.75 Å². The molecule has 0 saturated carbocycles. The third-order valence-corrected chi connectivity index (χ3v) is 6.51. The Morgan fingerprint density at radius 3 is 2.64 bits per heavy atom. The highest BCUT2D eigenvalue weighted by Crippen LogP contribution is 2.35. The van der Waals surface area contributed by atoms with Gasteiger partial charge in [-0.1, -0.05) is 17.7 Å². The maximum Gasteiger partial charge on any atom is 0.331 e. The molecule has 2 aromatic rings. The highest BCUT2D eigenvalue weighted by atomic mass is 35.5. The van der Waals surface area contributed by atoms with Crippen LogP contribution < -0.4 is 0 Å². The predicted octanol–water partition coefficient (Wildman–Crippen LogP) is 3.71. The number of carboxylic acids is 1. The molecule has 7 heteroatoms. The molecule has 1 aliphatic heterocycles. The minimum atomic E-state index is -3.48. The molecule has 0 amide bonds. The van der Waals surface area contributed by atoms with Crippen molar-refractivity contribution >= 4 is 44.8 Å². The minimum absolute atomic E-state index is 0.00646. The van der Waals surface area contributed by atoms with Crippen LogP contribution in [-0.2, 0) is 14.6 Å². The van der Waals surface area contributed by atoms with E-state index >= 15 is 0 Å². The third-order valence-electron chi connectivity index (χ3n) is 3.45. The fourth-order valence-corrected chi connectivity index (χ4v) is 4.85. The van der Waals surface area contributed by atoms with E-state index in [0.29, 0.717) is 9.90 Å². The van der Waals surface area contributed by atoms with Crippen molar-refractivity contribution in [2.24, 2.45) is 0 Å². The molecular formula is C15H11ClO4S2. The summed E-state index contributed by atoms with van der Waals surface area (Å²) in [7, 11) is -3.48. The summed E-state index contributed by atoms with van der Waals surface area (Å²) in [4.78, 5) is 12.3. The van der Waals surface area contributed by atoms with Crippen molar-refractivity contribution in [3.63, 3.8) is 0 Å². The highest BCUT2D eigenvalue weighted by molar-refractivity contribution is 7.91. The summed E-state index contributed by atoms with van der Waals surface area (Å²) in [6, 6.07) is 8.57. The number of carboxylic acid groups (broad SMARTS) is 1. The molecular weight excluding hydrogens is 344 g/mol. The zero-order valence-electron chi connectivity index (χ0n) is 11.2. The zero-order chi connectivity index (χ0) is 15.9. The van der Waals surface area contributed by atoms with Gasteiger partial charge in [0.15, 0.2) is 9.84 Å². The van der Waals surface area contributed by atoms with Gasteiger partial charge in [0.25, 0.3) is 0 Å². The summed E-state index contributed by atoms with van der Waals surface area (Å²) in [5, 5.41) is 9.17. The lowest BCUT2D eigenvalue weighted by molar-refractivity contribution is -0.132. The number of thiophene rings is 1. The van der Waals surface area contributed by atoms with Crippen LogP contribution in [-0.4, -0.2) is 25.2 Å². The molecule has 1 aromatic heterocycles. The largest absolute Gasteiger partial charge is 0.478 e. The minimum Gasteiger partial charge on any atom is -0.478 e. The lowest BCUT2D eigenvalue weighted by Gasteiger charge is -2.06. The van der Waals surface area contributed by atoms with E-state index in [0.717, 1.165) is 10.4 Å². The number of hydrogen-bond acceptors (Lipinski definition) is 4. The number of carbonyl (C=O) groups is 1. The van der Waals surface area contributed by atoms with Crippen LogP contribution in [0.3, 0.4) is 0 Å². The summed E-state index contributed by atoms with van der Waals surface area (Å²) in [5.41, 5.74) is 1.33. The van der Waals surface area contributed by atoms with Crippen LogP contribution in [0.4, 0.5) is 0 Å². The second-order valence-electron chi connectivity index (χ2n) is 4.90. The number of aliphatic carboxylic acids is 1. The first kappa shape index (κ1) is 15.3. The van der Waals surface area contributed by atoms with Crippen molar-refractivity contribution in [2.45, 2.75) is 11.3 Å². The Morgan fingerprint density at radius 1 is 1.23 bits per heavy atom. The summed E-state index contributed by atoms with van der Waals surface area (Å²) in [5.74, 6) is -1.28. The molecule has 0 spiro atoms. The third kappa shape index (κ3) is 2.82. The van der Waals surface area contributed by atoms with Crippen molar-refractivity contribution in [3.8, 4) is 10.4 Å². The smallest absolute Gasteiger partial charge is 0.331 e. The molecule has 0 radical (unpaired) electrons. The Hall–Kier alpha value is -1.63. The fourth-order valence-electron chi connectivity index (χ4n) is 2.35. The van der Waals surface area contributed by atoms with E-state index in [-0.39, 0.29) is 22.6 Å². The molecule has 22 heavy (non-hydrogen) atoms. The number of halogens is 1. The number of sulfone groups is 1. The second kappa shape index (κ2) is 5.53. The van der Waals surface area contributed by atoms with Gasteiger partial charge in [-0.25, -0.2) is 13.2 Å². The molecule has 1 aliphatic rings. The van der Waals surface area contributed by atoms with Gasteiger partial charge >= 0.3 is 5.97 Å². The monoisotopic (exact) mass is 354 g/mol. The van der Waals surface area contributed by atoms with Gasteiger partial charge in [0.05, 0.1) is 15.0 Å². The fraction of sp³-hybridized carbons (Fsp3) is 0.133. The first-order chi connectivity index (χ1) is 10.4. The molecule has 1 aromatic carbocycles. The van der Waals surface area contributed by atoms with Crippen LogP contribution in [0.15, 0.2) is 40.8 Å². The Morgan fingerprint density at radius 2 is 2.00 bits per heavy atom. The molecule has 0 atom stereocenters. The van der Waals surface area contributed by atoms with Gasteiger partial charge < -0.3 is 5.11 Å². The van der Waals surface area contributed by atoms with E-state index in [1.54, 1.807) is 18.2 Å². The Kier molecular flexibility index (Phi) is 3.84. The van der Waals surface area contributed by atoms with E-state index in [9.17, 15) is 18.3 Å². The maximum absolute atomic E-state index is 12.3. The predicted molar refractivity (Wildman–Crippen MR) is 87.0 cm³/mol. The van der Waals surface area contributed by atoms with Crippen LogP contribution in [0.1, 0.15) is 12.0 Å². The van der Waals surface area contributed by atoms with Crippen molar-refractivity contribution in [1.29, 1.82) is 0 Å². The van der Waals surface area contributed by atoms with Gasteiger partial charge in [-0.2, -0.15) is 0 Å². The number of fused-ring (bicyclic) bond motifs is 1. The molecule has 2 heterocycles. The SMILES string of the molecule is O=C(O)C1=Cc2cc(-c3ccc(Cl)s3)ccc2S(=O)(=O)CC1. The highest BCUT2D eigenvalue weighted by Gasteiger charge is 2.24. The standard InChI is InChI=1S/C15H11ClO4S2/c16-14-4-2-12(21-14)9-1-3-13-11(7-9)8-10(15(17)18)5-6-22(13,19)20/h1-4,7-8H,5-6H2,(H,17,18). The van der Waals surface area contributed by atoms with Gasteiger partial charge in [0, 0.05) is 10.5 Å². The van der Waals surface area contributed by atoms with E-state index in [2.05, 4.69) is 0 Å². The van der Waals surface area contributed by atoms with Crippen LogP contribution in [0, 0.1) is 0 Å². The number of hydrogen-bond donors (Lipinski definition) is 1. The van der Waals surface area contributed by atoms with Crippen molar-refractivity contribution in [3.05, 3.63) is 45.8 Å². The quantitative estimate of drug-likeness (QED) is 0.892. The molecule has 1 N–H and O–H groups in total. The van der Waals surface area contributed by atoms with E-state index < -0.39 is 15.8 Å². The molecule has 0 aliphatic carbocycles. The maximum atomic E-state index is 12.3. The molecule has 0 fully saturated rings. The van der Waals surface area contributed by atoms with Crippen LogP contribution >= 0.6 is 22.9 Å².